The van der Waals surface area contributed by atoms with Gasteiger partial charge in [-0.2, -0.15) is 0 Å². The molecule has 0 radical (unpaired) electrons. The van der Waals surface area contributed by atoms with Crippen molar-refractivity contribution in [1.82, 2.24) is 0 Å². The zero-order valence-electron chi connectivity index (χ0n) is 11.1. The van der Waals surface area contributed by atoms with Gasteiger partial charge in [0.2, 0.25) is 0 Å². The molecule has 0 aliphatic carbocycles. The van der Waals surface area contributed by atoms with Gasteiger partial charge in [-0.1, -0.05) is 6.07 Å². The lowest BCUT2D eigenvalue weighted by atomic mass is 10.1. The molecule has 0 bridgehead atoms. The second-order valence-electron chi connectivity index (χ2n) is 4.67. The van der Waals surface area contributed by atoms with E-state index >= 15 is 0 Å². The van der Waals surface area contributed by atoms with Gasteiger partial charge >= 0.3 is 0 Å². The molecule has 0 saturated heterocycles. The highest BCUT2D eigenvalue weighted by atomic mass is 16.5. The molecule has 2 nitrogen and oxygen atoms in total. The first-order chi connectivity index (χ1) is 7.41. The van der Waals surface area contributed by atoms with Gasteiger partial charge in [0, 0.05) is 0 Å². The van der Waals surface area contributed by atoms with Crippen molar-refractivity contribution >= 4 is 0 Å². The molecule has 0 aromatic heterocycles. The molecule has 0 aliphatic rings. The number of rotatable bonds is 4. The minimum atomic E-state index is 0.162. The van der Waals surface area contributed by atoms with Crippen LogP contribution in [0.4, 0.5) is 0 Å². The van der Waals surface area contributed by atoms with E-state index < -0.39 is 0 Å². The summed E-state index contributed by atoms with van der Waals surface area (Å²) in [4.78, 5) is 0. The fourth-order valence-electron chi connectivity index (χ4n) is 1.49. The Bertz CT molecular complexity index is 354. The summed E-state index contributed by atoms with van der Waals surface area (Å²) in [5, 5.41) is 0. The quantitative estimate of drug-likeness (QED) is 0.769. The Balaban J connectivity index is 3.11. The molecule has 0 amide bonds. The van der Waals surface area contributed by atoms with Gasteiger partial charge in [0.15, 0.2) is 11.5 Å². The zero-order chi connectivity index (χ0) is 12.3. The van der Waals surface area contributed by atoms with E-state index in [1.807, 2.05) is 33.8 Å². The van der Waals surface area contributed by atoms with E-state index in [0.717, 1.165) is 17.1 Å². The number of aryl methyl sites for hydroxylation is 1. The molecular weight excluding hydrogens is 200 g/mol. The van der Waals surface area contributed by atoms with Crippen LogP contribution in [0.2, 0.25) is 0 Å². The standard InChI is InChI=1S/C14H22O2/c1-9(2)15-13-8-7-11(5)12(6)14(13)16-10(3)4/h7-10H,1-6H3. The Morgan fingerprint density at radius 1 is 0.875 bits per heavy atom. The first kappa shape index (κ1) is 12.9. The van der Waals surface area contributed by atoms with Gasteiger partial charge in [-0.3, -0.25) is 0 Å². The highest BCUT2D eigenvalue weighted by Gasteiger charge is 2.13. The van der Waals surface area contributed by atoms with Crippen LogP contribution in [0.5, 0.6) is 11.5 Å². The summed E-state index contributed by atoms with van der Waals surface area (Å²) in [6.07, 6.45) is 0.326. The molecule has 0 atom stereocenters. The third kappa shape index (κ3) is 3.16. The number of benzene rings is 1. The Kier molecular flexibility index (Phi) is 4.22. The van der Waals surface area contributed by atoms with E-state index in [9.17, 15) is 0 Å². The average molecular weight is 222 g/mol. The van der Waals surface area contributed by atoms with E-state index in [1.54, 1.807) is 0 Å². The van der Waals surface area contributed by atoms with E-state index in [-0.39, 0.29) is 12.2 Å². The van der Waals surface area contributed by atoms with E-state index in [4.69, 9.17) is 9.47 Å². The summed E-state index contributed by atoms with van der Waals surface area (Å²) in [5.41, 5.74) is 2.39. The second-order valence-corrected chi connectivity index (χ2v) is 4.67. The van der Waals surface area contributed by atoms with Crippen molar-refractivity contribution in [2.24, 2.45) is 0 Å². The lowest BCUT2D eigenvalue weighted by molar-refractivity contribution is 0.197. The van der Waals surface area contributed by atoms with Gasteiger partial charge in [0.25, 0.3) is 0 Å². The maximum absolute atomic E-state index is 5.83. The van der Waals surface area contributed by atoms with Crippen molar-refractivity contribution < 1.29 is 9.47 Å². The van der Waals surface area contributed by atoms with Crippen LogP contribution < -0.4 is 9.47 Å². The molecule has 1 aromatic carbocycles. The molecule has 16 heavy (non-hydrogen) atoms. The first-order valence-corrected chi connectivity index (χ1v) is 5.85. The van der Waals surface area contributed by atoms with Gasteiger partial charge in [-0.15, -0.1) is 0 Å². The second kappa shape index (κ2) is 5.24. The normalized spacial score (nSPS) is 11.0. The fraction of sp³-hybridized carbons (Fsp3) is 0.571. The van der Waals surface area contributed by atoms with Gasteiger partial charge < -0.3 is 9.47 Å². The fourth-order valence-corrected chi connectivity index (χ4v) is 1.49. The smallest absolute Gasteiger partial charge is 0.164 e. The van der Waals surface area contributed by atoms with E-state index in [0.29, 0.717) is 0 Å². The molecule has 0 N–H and O–H groups in total. The van der Waals surface area contributed by atoms with Crippen LogP contribution in [-0.4, -0.2) is 12.2 Å². The molecule has 0 saturated carbocycles. The van der Waals surface area contributed by atoms with Crippen molar-refractivity contribution in [3.05, 3.63) is 23.3 Å². The minimum Gasteiger partial charge on any atom is -0.487 e. The van der Waals surface area contributed by atoms with Crippen molar-refractivity contribution in [3.8, 4) is 11.5 Å². The molecule has 0 unspecified atom stereocenters. The van der Waals surface area contributed by atoms with E-state index in [1.165, 1.54) is 5.56 Å². The number of ether oxygens (including phenoxy) is 2. The highest BCUT2D eigenvalue weighted by Crippen LogP contribution is 2.34. The van der Waals surface area contributed by atoms with Crippen LogP contribution in [0.1, 0.15) is 38.8 Å². The van der Waals surface area contributed by atoms with Gasteiger partial charge in [-0.05, 0) is 58.7 Å². The summed E-state index contributed by atoms with van der Waals surface area (Å²) in [6, 6.07) is 4.06. The van der Waals surface area contributed by atoms with Gasteiger partial charge in [-0.25, -0.2) is 0 Å². The largest absolute Gasteiger partial charge is 0.487 e. The SMILES string of the molecule is Cc1ccc(OC(C)C)c(OC(C)C)c1C. The minimum absolute atomic E-state index is 0.162. The Hall–Kier alpha value is -1.18. The van der Waals surface area contributed by atoms with Crippen LogP contribution >= 0.6 is 0 Å². The van der Waals surface area contributed by atoms with Gasteiger partial charge in [0.1, 0.15) is 0 Å². The highest BCUT2D eigenvalue weighted by molar-refractivity contribution is 5.49. The Morgan fingerprint density at radius 2 is 1.44 bits per heavy atom. The predicted molar refractivity (Wildman–Crippen MR) is 67.4 cm³/mol. The molecule has 0 aliphatic heterocycles. The van der Waals surface area contributed by atoms with Crippen LogP contribution in [0.25, 0.3) is 0 Å². The van der Waals surface area contributed by atoms with E-state index in [2.05, 4.69) is 19.9 Å². The van der Waals surface area contributed by atoms with Gasteiger partial charge in [0.05, 0.1) is 12.2 Å². The van der Waals surface area contributed by atoms with Crippen LogP contribution in [0.15, 0.2) is 12.1 Å². The number of hydrogen-bond donors (Lipinski definition) is 0. The third-order valence-electron chi connectivity index (χ3n) is 2.36. The van der Waals surface area contributed by atoms with Crippen molar-refractivity contribution in [2.45, 2.75) is 53.8 Å². The summed E-state index contributed by atoms with van der Waals surface area (Å²) in [5.74, 6) is 1.72. The Morgan fingerprint density at radius 3 is 1.94 bits per heavy atom. The molecule has 1 aromatic rings. The monoisotopic (exact) mass is 222 g/mol. The average Bonchev–Trinajstić information content (AvgIpc) is 2.16. The molecule has 0 spiro atoms. The summed E-state index contributed by atoms with van der Waals surface area (Å²) in [7, 11) is 0. The molecule has 0 heterocycles. The Labute approximate surface area is 98.6 Å². The predicted octanol–water partition coefficient (Wildman–Crippen LogP) is 3.88. The molecular formula is C14H22O2. The summed E-state index contributed by atoms with van der Waals surface area (Å²) >= 11 is 0. The maximum Gasteiger partial charge on any atom is 0.164 e. The molecule has 90 valence electrons. The lowest BCUT2D eigenvalue weighted by Gasteiger charge is -2.19. The third-order valence-corrected chi connectivity index (χ3v) is 2.36. The van der Waals surface area contributed by atoms with Crippen LogP contribution in [0, 0.1) is 13.8 Å². The topological polar surface area (TPSA) is 18.5 Å². The van der Waals surface area contributed by atoms with Crippen molar-refractivity contribution in [2.75, 3.05) is 0 Å². The van der Waals surface area contributed by atoms with Crippen molar-refractivity contribution in [3.63, 3.8) is 0 Å². The summed E-state index contributed by atoms with van der Waals surface area (Å²) < 4.78 is 11.6. The van der Waals surface area contributed by atoms with Crippen LogP contribution in [-0.2, 0) is 0 Å². The molecule has 2 heteroatoms. The summed E-state index contributed by atoms with van der Waals surface area (Å²) in [6.45, 7) is 12.3. The van der Waals surface area contributed by atoms with Crippen LogP contribution in [0.3, 0.4) is 0 Å². The number of hydrogen-bond acceptors (Lipinski definition) is 2. The zero-order valence-corrected chi connectivity index (χ0v) is 11.1. The van der Waals surface area contributed by atoms with Crippen molar-refractivity contribution in [1.29, 1.82) is 0 Å². The lowest BCUT2D eigenvalue weighted by Crippen LogP contribution is -2.12. The molecule has 1 rings (SSSR count). The maximum atomic E-state index is 5.83. The first-order valence-electron chi connectivity index (χ1n) is 5.85. The molecule has 0 fully saturated rings.